The molecule has 0 spiro atoms. The second kappa shape index (κ2) is 4.50. The number of carbonyl (C=O) groups is 2. The van der Waals surface area contributed by atoms with Gasteiger partial charge in [0.05, 0.1) is 0 Å². The normalized spacial score (nSPS) is 28.7. The lowest BCUT2D eigenvalue weighted by atomic mass is 9.80. The van der Waals surface area contributed by atoms with E-state index in [0.29, 0.717) is 0 Å². The highest BCUT2D eigenvalue weighted by molar-refractivity contribution is 5.99. The van der Waals surface area contributed by atoms with Crippen molar-refractivity contribution < 1.29 is 9.59 Å². The summed E-state index contributed by atoms with van der Waals surface area (Å²) in [5.74, 6) is 0.0583. The van der Waals surface area contributed by atoms with Gasteiger partial charge in [0, 0.05) is 6.04 Å². The largest absolute Gasteiger partial charge is 0.340 e. The predicted octanol–water partition coefficient (Wildman–Crippen LogP) is 2.08. The summed E-state index contributed by atoms with van der Waals surface area (Å²) < 4.78 is 0. The Morgan fingerprint density at radius 2 is 1.68 bits per heavy atom. The fraction of sp³-hybridized carbons (Fsp3) is 0.867. The van der Waals surface area contributed by atoms with Crippen molar-refractivity contribution in [3.63, 3.8) is 0 Å². The molecule has 1 aliphatic heterocycles. The Morgan fingerprint density at radius 1 is 1.16 bits per heavy atom. The lowest BCUT2D eigenvalue weighted by Gasteiger charge is -2.50. The quantitative estimate of drug-likeness (QED) is 0.790. The zero-order chi connectivity index (χ0) is 14.4. The molecular weight excluding hydrogens is 240 g/mol. The molecule has 1 saturated heterocycles. The van der Waals surface area contributed by atoms with Crippen LogP contribution in [0.5, 0.6) is 0 Å². The van der Waals surface area contributed by atoms with Gasteiger partial charge in [-0.1, -0.05) is 33.6 Å². The first-order valence-corrected chi connectivity index (χ1v) is 7.29. The average molecular weight is 266 g/mol. The minimum atomic E-state index is -0.776. The third kappa shape index (κ3) is 2.49. The maximum atomic E-state index is 12.7. The van der Waals surface area contributed by atoms with Gasteiger partial charge in [0.1, 0.15) is 11.6 Å². The van der Waals surface area contributed by atoms with Crippen LogP contribution in [0, 0.1) is 5.41 Å². The molecule has 0 aromatic heterocycles. The van der Waals surface area contributed by atoms with E-state index in [-0.39, 0.29) is 29.3 Å². The molecule has 2 amide bonds. The summed E-state index contributed by atoms with van der Waals surface area (Å²) in [5.41, 5.74) is -1.01. The molecule has 2 aliphatic rings. The Balaban J connectivity index is 2.39. The van der Waals surface area contributed by atoms with Crippen LogP contribution < -0.4 is 5.32 Å². The summed E-state index contributed by atoms with van der Waals surface area (Å²) in [6, 6.07) is -0.113. The predicted molar refractivity (Wildman–Crippen MR) is 74.6 cm³/mol. The Morgan fingerprint density at radius 3 is 2.16 bits per heavy atom. The molecule has 0 radical (unpaired) electrons. The van der Waals surface area contributed by atoms with Crippen LogP contribution in [0.3, 0.4) is 0 Å². The van der Waals surface area contributed by atoms with E-state index in [2.05, 4.69) is 5.32 Å². The average Bonchev–Trinajstić information content (AvgIpc) is 2.73. The SMILES string of the molecule is CC1(C)NC(=O)C(C(C)(C)C)N(C2CCCC2)C1=O. The van der Waals surface area contributed by atoms with Crippen LogP contribution in [0.15, 0.2) is 0 Å². The molecule has 0 bridgehead atoms. The fourth-order valence-electron chi connectivity index (χ4n) is 3.37. The smallest absolute Gasteiger partial charge is 0.248 e. The first-order chi connectivity index (χ1) is 8.64. The van der Waals surface area contributed by atoms with Crippen LogP contribution in [0.4, 0.5) is 0 Å². The molecule has 19 heavy (non-hydrogen) atoms. The van der Waals surface area contributed by atoms with E-state index in [1.54, 1.807) is 13.8 Å². The lowest BCUT2D eigenvalue weighted by Crippen LogP contribution is -2.72. The molecule has 108 valence electrons. The van der Waals surface area contributed by atoms with Crippen molar-refractivity contribution in [2.24, 2.45) is 5.41 Å². The van der Waals surface area contributed by atoms with Gasteiger partial charge < -0.3 is 10.2 Å². The van der Waals surface area contributed by atoms with Gasteiger partial charge in [-0.25, -0.2) is 0 Å². The minimum absolute atomic E-state index is 0.0102. The summed E-state index contributed by atoms with van der Waals surface area (Å²) in [4.78, 5) is 27.1. The van der Waals surface area contributed by atoms with Crippen LogP contribution in [0.1, 0.15) is 60.3 Å². The molecule has 1 heterocycles. The van der Waals surface area contributed by atoms with Crippen LogP contribution in [0.25, 0.3) is 0 Å². The highest BCUT2D eigenvalue weighted by Gasteiger charge is 2.51. The van der Waals surface area contributed by atoms with Gasteiger partial charge in [-0.3, -0.25) is 9.59 Å². The van der Waals surface area contributed by atoms with Crippen molar-refractivity contribution in [3.05, 3.63) is 0 Å². The zero-order valence-electron chi connectivity index (χ0n) is 12.7. The van der Waals surface area contributed by atoms with Crippen molar-refractivity contribution in [3.8, 4) is 0 Å². The number of rotatable bonds is 1. The number of carbonyl (C=O) groups excluding carboxylic acids is 2. The van der Waals surface area contributed by atoms with E-state index in [1.807, 2.05) is 25.7 Å². The molecular formula is C15H26N2O2. The van der Waals surface area contributed by atoms with E-state index in [4.69, 9.17) is 0 Å². The molecule has 4 nitrogen and oxygen atoms in total. The van der Waals surface area contributed by atoms with Crippen molar-refractivity contribution in [2.75, 3.05) is 0 Å². The van der Waals surface area contributed by atoms with E-state index in [1.165, 1.54) is 0 Å². The van der Waals surface area contributed by atoms with Gasteiger partial charge >= 0.3 is 0 Å². The molecule has 1 N–H and O–H groups in total. The van der Waals surface area contributed by atoms with Crippen LogP contribution in [0.2, 0.25) is 0 Å². The van der Waals surface area contributed by atoms with Crippen molar-refractivity contribution in [1.82, 2.24) is 10.2 Å². The summed E-state index contributed by atoms with van der Waals surface area (Å²) in [7, 11) is 0. The molecule has 0 aromatic rings. The standard InChI is InChI=1S/C15H26N2O2/c1-14(2,3)11-12(18)16-15(4,5)13(19)17(11)10-8-6-7-9-10/h10-11H,6-9H2,1-5H3,(H,16,18). The number of amides is 2. The van der Waals surface area contributed by atoms with Gasteiger partial charge in [0.15, 0.2) is 0 Å². The zero-order valence-corrected chi connectivity index (χ0v) is 12.7. The first kappa shape index (κ1) is 14.4. The van der Waals surface area contributed by atoms with Gasteiger partial charge in [-0.05, 0) is 32.1 Å². The Bertz CT molecular complexity index is 389. The number of hydrogen-bond acceptors (Lipinski definition) is 2. The lowest BCUT2D eigenvalue weighted by molar-refractivity contribution is -0.161. The molecule has 4 heteroatoms. The van der Waals surface area contributed by atoms with Gasteiger partial charge in [-0.15, -0.1) is 0 Å². The van der Waals surface area contributed by atoms with Crippen LogP contribution in [-0.2, 0) is 9.59 Å². The molecule has 2 rings (SSSR count). The maximum Gasteiger partial charge on any atom is 0.248 e. The Kier molecular flexibility index (Phi) is 3.40. The van der Waals surface area contributed by atoms with Crippen molar-refractivity contribution in [2.45, 2.75) is 77.9 Å². The molecule has 0 aromatic carbocycles. The monoisotopic (exact) mass is 266 g/mol. The second-order valence-corrected chi connectivity index (χ2v) is 7.53. The number of piperazine rings is 1. The molecule has 1 aliphatic carbocycles. The summed E-state index contributed by atoms with van der Waals surface area (Å²) >= 11 is 0. The van der Waals surface area contributed by atoms with Crippen molar-refractivity contribution in [1.29, 1.82) is 0 Å². The first-order valence-electron chi connectivity index (χ1n) is 7.29. The second-order valence-electron chi connectivity index (χ2n) is 7.53. The van der Waals surface area contributed by atoms with Crippen LogP contribution in [-0.4, -0.2) is 34.3 Å². The third-order valence-corrected chi connectivity index (χ3v) is 4.27. The highest BCUT2D eigenvalue weighted by atomic mass is 16.2. The summed E-state index contributed by atoms with van der Waals surface area (Å²) in [6.07, 6.45) is 4.38. The van der Waals surface area contributed by atoms with Gasteiger partial charge in [0.25, 0.3) is 0 Å². The minimum Gasteiger partial charge on any atom is -0.340 e. The van der Waals surface area contributed by atoms with Crippen LogP contribution >= 0.6 is 0 Å². The van der Waals surface area contributed by atoms with E-state index in [9.17, 15) is 9.59 Å². The Hall–Kier alpha value is -1.06. The van der Waals surface area contributed by atoms with E-state index in [0.717, 1.165) is 25.7 Å². The molecule has 1 saturated carbocycles. The van der Waals surface area contributed by atoms with Gasteiger partial charge in [-0.2, -0.15) is 0 Å². The van der Waals surface area contributed by atoms with Gasteiger partial charge in [0.2, 0.25) is 11.8 Å². The third-order valence-electron chi connectivity index (χ3n) is 4.27. The van der Waals surface area contributed by atoms with E-state index < -0.39 is 5.54 Å². The highest BCUT2D eigenvalue weighted by Crippen LogP contribution is 2.36. The van der Waals surface area contributed by atoms with Crippen molar-refractivity contribution >= 4 is 11.8 Å². The number of hydrogen-bond donors (Lipinski definition) is 1. The van der Waals surface area contributed by atoms with E-state index >= 15 is 0 Å². The summed E-state index contributed by atoms with van der Waals surface area (Å²) in [6.45, 7) is 9.70. The number of nitrogens with zero attached hydrogens (tertiary/aromatic N) is 1. The Labute approximate surface area is 115 Å². The summed E-state index contributed by atoms with van der Waals surface area (Å²) in [5, 5.41) is 2.89. The molecule has 2 fully saturated rings. The fourth-order valence-corrected chi connectivity index (χ4v) is 3.37. The topological polar surface area (TPSA) is 49.4 Å². The molecule has 1 atom stereocenters. The maximum absolute atomic E-state index is 12.7. The number of nitrogens with one attached hydrogen (secondary N) is 1. The molecule has 1 unspecified atom stereocenters.